The van der Waals surface area contributed by atoms with Gasteiger partial charge in [-0.1, -0.05) is 42.1 Å². The van der Waals surface area contributed by atoms with Crippen LogP contribution in [0, 0.1) is 0 Å². The van der Waals surface area contributed by atoms with Gasteiger partial charge in [-0.05, 0) is 21.6 Å². The van der Waals surface area contributed by atoms with Gasteiger partial charge in [-0.3, -0.25) is 19.3 Å². The number of carbonyl (C=O) groups is 5. The van der Waals surface area contributed by atoms with Crippen LogP contribution in [0.1, 0.15) is 11.6 Å². The number of carboxylic acids is 2. The fraction of sp³-hybridized carbons (Fsp3) is 0.364. The normalized spacial score (nSPS) is 24.3. The monoisotopic (exact) mass is 575 g/mol. The standard InChI is InChI=1S/C22H21N7O8S2/c1-28-22(25-26-27-28)39-8-10-7-38-19-12(18(32)29(19)13(10)20(33)34)24-16(30)11(9-5-3-2-4-6-9)23-17(31)14-15(37-14)21(35)36/h2-6,11-12,14-15,19H,7-8H2,1H3,(H,23,31)(H,24,30)(H,33,34)(H,35,36)/t11?,12-,14-,15+,19-/m1/s1. The number of nitrogens with zero attached hydrogens (tertiary/aromatic N) is 5. The maximum atomic E-state index is 13.3. The number of aliphatic carboxylic acids is 2. The number of benzene rings is 1. The first-order chi connectivity index (χ1) is 18.7. The van der Waals surface area contributed by atoms with Crippen LogP contribution in [0.15, 0.2) is 46.8 Å². The van der Waals surface area contributed by atoms with Crippen LogP contribution in [0.2, 0.25) is 0 Å². The number of nitrogens with one attached hydrogen (secondary N) is 2. The van der Waals surface area contributed by atoms with E-state index < -0.39 is 59.3 Å². The lowest BCUT2D eigenvalue weighted by Gasteiger charge is -2.49. The van der Waals surface area contributed by atoms with E-state index >= 15 is 0 Å². The van der Waals surface area contributed by atoms with E-state index in [1.165, 1.54) is 28.2 Å². The zero-order valence-electron chi connectivity index (χ0n) is 20.1. The number of tetrazole rings is 1. The summed E-state index contributed by atoms with van der Waals surface area (Å²) in [6, 6.07) is 5.95. The third-order valence-electron chi connectivity index (χ3n) is 6.18. The molecule has 3 aliphatic heterocycles. The lowest BCUT2D eigenvalue weighted by Crippen LogP contribution is -2.71. The number of rotatable bonds is 10. The van der Waals surface area contributed by atoms with E-state index in [1.54, 1.807) is 37.4 Å². The first kappa shape index (κ1) is 26.6. The lowest BCUT2D eigenvalue weighted by molar-refractivity contribution is -0.151. The molecular formula is C22H21N7O8S2. The van der Waals surface area contributed by atoms with E-state index in [4.69, 9.17) is 9.84 Å². The number of hydrogen-bond donors (Lipinski definition) is 4. The molecule has 2 fully saturated rings. The van der Waals surface area contributed by atoms with Crippen molar-refractivity contribution >= 4 is 53.2 Å². The van der Waals surface area contributed by atoms with Crippen LogP contribution in [0.25, 0.3) is 0 Å². The molecule has 4 heterocycles. The Kier molecular flexibility index (Phi) is 7.28. The Labute approximate surface area is 228 Å². The van der Waals surface area contributed by atoms with Crippen molar-refractivity contribution in [3.8, 4) is 0 Å². The molecule has 3 amide bonds. The molecule has 1 unspecified atom stereocenters. The van der Waals surface area contributed by atoms with Crippen LogP contribution < -0.4 is 10.6 Å². The van der Waals surface area contributed by atoms with E-state index in [0.717, 1.165) is 4.90 Å². The Morgan fingerprint density at radius 1 is 1.21 bits per heavy atom. The molecule has 1 aromatic heterocycles. The molecular weight excluding hydrogens is 554 g/mol. The Morgan fingerprint density at radius 3 is 2.56 bits per heavy atom. The van der Waals surface area contributed by atoms with Gasteiger partial charge in [0, 0.05) is 18.6 Å². The van der Waals surface area contributed by atoms with Crippen LogP contribution in [-0.4, -0.2) is 100 Å². The molecule has 0 aliphatic carbocycles. The lowest BCUT2D eigenvalue weighted by atomic mass is 10.0. The Balaban J connectivity index is 1.29. The van der Waals surface area contributed by atoms with Crippen molar-refractivity contribution < 1.29 is 38.9 Å². The SMILES string of the molecule is Cn1nnnc1SCC1=C(C(=O)O)N2C(=O)[C@@H](NC(=O)C(NC(=O)[C@@H]3O[C@@H]3C(=O)O)c3ccccc3)[C@H]2SC1. The highest BCUT2D eigenvalue weighted by Gasteiger charge is 2.55. The zero-order chi connectivity index (χ0) is 27.8. The molecule has 3 aliphatic rings. The van der Waals surface area contributed by atoms with Gasteiger partial charge < -0.3 is 25.6 Å². The van der Waals surface area contributed by atoms with Gasteiger partial charge in [0.2, 0.25) is 11.1 Å². The molecule has 5 rings (SSSR count). The van der Waals surface area contributed by atoms with E-state index in [-0.39, 0.29) is 11.4 Å². The molecule has 0 saturated carbocycles. The van der Waals surface area contributed by atoms with Crippen molar-refractivity contribution in [3.63, 3.8) is 0 Å². The topological polar surface area (TPSA) is 209 Å². The van der Waals surface area contributed by atoms with Crippen LogP contribution in [-0.2, 0) is 35.8 Å². The summed E-state index contributed by atoms with van der Waals surface area (Å²) in [5.74, 6) is -4.10. The Hall–Kier alpha value is -3.96. The van der Waals surface area contributed by atoms with Gasteiger partial charge in [-0.25, -0.2) is 14.3 Å². The predicted octanol–water partition coefficient (Wildman–Crippen LogP) is -1.25. The van der Waals surface area contributed by atoms with Gasteiger partial charge in [-0.15, -0.1) is 16.9 Å². The summed E-state index contributed by atoms with van der Waals surface area (Å²) in [5, 5.41) is 35.0. The third-order valence-corrected chi connectivity index (χ3v) is 8.62. The van der Waals surface area contributed by atoms with Gasteiger partial charge in [0.25, 0.3) is 11.8 Å². The highest BCUT2D eigenvalue weighted by atomic mass is 32.2. The number of aromatic nitrogens is 4. The molecule has 2 saturated heterocycles. The van der Waals surface area contributed by atoms with Gasteiger partial charge in [0.1, 0.15) is 23.2 Å². The van der Waals surface area contributed by atoms with Crippen molar-refractivity contribution in [2.24, 2.45) is 7.05 Å². The number of amides is 3. The first-order valence-corrected chi connectivity index (χ1v) is 13.5. The summed E-state index contributed by atoms with van der Waals surface area (Å²) in [4.78, 5) is 63.2. The van der Waals surface area contributed by atoms with Crippen LogP contribution >= 0.6 is 23.5 Å². The number of aryl methyl sites for hydroxylation is 1. The Bertz CT molecular complexity index is 1380. The number of epoxide rings is 1. The van der Waals surface area contributed by atoms with Crippen LogP contribution in [0.5, 0.6) is 0 Å². The predicted molar refractivity (Wildman–Crippen MR) is 133 cm³/mol. The van der Waals surface area contributed by atoms with Gasteiger partial charge in [0.05, 0.1) is 0 Å². The summed E-state index contributed by atoms with van der Waals surface area (Å²) in [7, 11) is 1.65. The molecule has 0 bridgehead atoms. The third kappa shape index (κ3) is 5.19. The number of carboxylic acid groups (broad SMARTS) is 2. The number of carbonyl (C=O) groups excluding carboxylic acids is 3. The molecule has 5 atom stereocenters. The highest BCUT2D eigenvalue weighted by molar-refractivity contribution is 8.01. The Morgan fingerprint density at radius 2 is 1.95 bits per heavy atom. The van der Waals surface area contributed by atoms with Gasteiger partial charge >= 0.3 is 11.9 Å². The number of hydrogen-bond acceptors (Lipinski definition) is 11. The minimum Gasteiger partial charge on any atom is -0.479 e. The van der Waals surface area contributed by atoms with Crippen LogP contribution in [0.3, 0.4) is 0 Å². The van der Waals surface area contributed by atoms with Gasteiger partial charge in [0.15, 0.2) is 12.2 Å². The second-order valence-corrected chi connectivity index (χ2v) is 10.7. The summed E-state index contributed by atoms with van der Waals surface area (Å²) < 4.78 is 6.32. The van der Waals surface area contributed by atoms with Crippen molar-refractivity contribution in [2.75, 3.05) is 11.5 Å². The number of β-lactam (4-membered cyclic amide) rings is 1. The minimum atomic E-state index is -1.29. The molecule has 15 nitrogen and oxygen atoms in total. The van der Waals surface area contributed by atoms with E-state index in [9.17, 15) is 29.1 Å². The van der Waals surface area contributed by atoms with E-state index in [1.807, 2.05) is 0 Å². The van der Waals surface area contributed by atoms with Gasteiger partial charge in [-0.2, -0.15) is 0 Å². The van der Waals surface area contributed by atoms with E-state index in [0.29, 0.717) is 22.0 Å². The molecule has 39 heavy (non-hydrogen) atoms. The van der Waals surface area contributed by atoms with Crippen LogP contribution in [0.4, 0.5) is 0 Å². The van der Waals surface area contributed by atoms with Crippen molar-refractivity contribution in [2.45, 2.75) is 34.8 Å². The summed E-state index contributed by atoms with van der Waals surface area (Å²) in [5.41, 5.74) is 0.775. The summed E-state index contributed by atoms with van der Waals surface area (Å²) in [6.45, 7) is 0. The molecule has 0 radical (unpaired) electrons. The van der Waals surface area contributed by atoms with E-state index in [2.05, 4.69) is 26.2 Å². The first-order valence-electron chi connectivity index (χ1n) is 11.5. The molecule has 4 N–H and O–H groups in total. The van der Waals surface area contributed by atoms with Crippen molar-refractivity contribution in [1.29, 1.82) is 0 Å². The number of fused-ring (bicyclic) bond motifs is 1. The molecule has 0 spiro atoms. The maximum absolute atomic E-state index is 13.3. The largest absolute Gasteiger partial charge is 0.479 e. The maximum Gasteiger partial charge on any atom is 0.352 e. The molecule has 204 valence electrons. The smallest absolute Gasteiger partial charge is 0.352 e. The highest BCUT2D eigenvalue weighted by Crippen LogP contribution is 2.41. The zero-order valence-corrected chi connectivity index (χ0v) is 21.7. The number of thioether (sulfide) groups is 2. The molecule has 1 aromatic carbocycles. The summed E-state index contributed by atoms with van der Waals surface area (Å²) in [6.07, 6.45) is -2.52. The minimum absolute atomic E-state index is 0.143. The summed E-state index contributed by atoms with van der Waals surface area (Å²) >= 11 is 2.54. The fourth-order valence-electron chi connectivity index (χ4n) is 4.20. The second kappa shape index (κ2) is 10.7. The quantitative estimate of drug-likeness (QED) is 0.148. The number of ether oxygens (including phenoxy) is 1. The van der Waals surface area contributed by atoms with Crippen molar-refractivity contribution in [1.82, 2.24) is 35.7 Å². The fourth-order valence-corrected chi connectivity index (χ4v) is 6.53. The second-order valence-electron chi connectivity index (χ2n) is 8.69. The average Bonchev–Trinajstić information content (AvgIpc) is 3.64. The molecule has 2 aromatic rings. The molecule has 17 heteroatoms. The van der Waals surface area contributed by atoms with Crippen molar-refractivity contribution in [3.05, 3.63) is 47.2 Å². The average molecular weight is 576 g/mol.